The molecule has 1 saturated heterocycles. The molecule has 0 bridgehead atoms. The molecule has 1 aliphatic carbocycles. The maximum atomic E-state index is 13.1. The predicted octanol–water partition coefficient (Wildman–Crippen LogP) is 4.78. The van der Waals surface area contributed by atoms with Crippen LogP contribution in [0.25, 0.3) is 21.6 Å². The first-order valence-electron chi connectivity index (χ1n) is 11.4. The number of aromatic nitrogens is 5. The largest absolute Gasteiger partial charge is 0.341 e. The lowest BCUT2D eigenvalue weighted by Crippen LogP contribution is -2.40. The number of benzene rings is 1. The summed E-state index contributed by atoms with van der Waals surface area (Å²) in [6.45, 7) is 1.56. The third-order valence-electron chi connectivity index (χ3n) is 6.25. The molecule has 7 nitrogen and oxygen atoms in total. The maximum Gasteiger partial charge on any atom is 0.233 e. The summed E-state index contributed by atoms with van der Waals surface area (Å²) in [5.74, 6) is 1.70. The molecule has 2 aliphatic rings. The van der Waals surface area contributed by atoms with E-state index in [0.717, 1.165) is 65.8 Å². The molecule has 168 valence electrons. The molecule has 0 radical (unpaired) electrons. The van der Waals surface area contributed by atoms with Crippen molar-refractivity contribution in [3.05, 3.63) is 53.8 Å². The molecular weight excluding hydrogens is 452 g/mol. The molecule has 0 unspecified atom stereocenters. The third kappa shape index (κ3) is 4.27. The predicted molar refractivity (Wildman–Crippen MR) is 130 cm³/mol. The Kier molecular flexibility index (Phi) is 5.59. The van der Waals surface area contributed by atoms with E-state index in [0.29, 0.717) is 17.7 Å². The fourth-order valence-corrected chi connectivity index (χ4v) is 6.42. The number of para-hydroxylation sites is 1. The third-order valence-corrected chi connectivity index (χ3v) is 8.38. The van der Waals surface area contributed by atoms with Crippen LogP contribution in [0.15, 0.2) is 53.9 Å². The van der Waals surface area contributed by atoms with Gasteiger partial charge in [0.1, 0.15) is 0 Å². The summed E-state index contributed by atoms with van der Waals surface area (Å²) in [5.41, 5.74) is 2.02. The molecule has 6 rings (SSSR count). The highest BCUT2D eigenvalue weighted by Gasteiger charge is 2.31. The van der Waals surface area contributed by atoms with Gasteiger partial charge in [0.05, 0.1) is 21.0 Å². The Morgan fingerprint density at radius 1 is 1.12 bits per heavy atom. The molecule has 1 amide bonds. The minimum atomic E-state index is 0.166. The standard InChI is InChI=1S/C24H24N6OS2/c31-21(29-12-4-6-17(14-29)23-26-19-7-1-2-8-20(19)33-23)15-32-24-28-27-22(30(24)18-9-10-18)16-5-3-11-25-13-16/h1-3,5,7-8,11,13,17-18H,4,6,9-10,12,14-15H2/t17-/m1/s1. The fraction of sp³-hybridized carbons (Fsp3) is 0.375. The van der Waals surface area contributed by atoms with E-state index < -0.39 is 0 Å². The van der Waals surface area contributed by atoms with Gasteiger partial charge in [0.2, 0.25) is 5.91 Å². The number of carbonyl (C=O) groups excluding carboxylic acids is 1. The van der Waals surface area contributed by atoms with Gasteiger partial charge in [-0.1, -0.05) is 23.9 Å². The number of hydrogen-bond acceptors (Lipinski definition) is 7. The highest BCUT2D eigenvalue weighted by Crippen LogP contribution is 2.41. The van der Waals surface area contributed by atoms with Crippen LogP contribution in [-0.4, -0.2) is 54.4 Å². The van der Waals surface area contributed by atoms with E-state index >= 15 is 0 Å². The molecule has 4 heterocycles. The van der Waals surface area contributed by atoms with Gasteiger partial charge in [-0.25, -0.2) is 4.98 Å². The lowest BCUT2D eigenvalue weighted by molar-refractivity contribution is -0.129. The smallest absolute Gasteiger partial charge is 0.233 e. The van der Waals surface area contributed by atoms with Crippen LogP contribution < -0.4 is 0 Å². The zero-order valence-corrected chi connectivity index (χ0v) is 19.8. The summed E-state index contributed by atoms with van der Waals surface area (Å²) in [7, 11) is 0. The monoisotopic (exact) mass is 476 g/mol. The lowest BCUT2D eigenvalue weighted by atomic mass is 9.99. The topological polar surface area (TPSA) is 76.8 Å². The molecule has 0 N–H and O–H groups in total. The molecule has 1 aliphatic heterocycles. The summed E-state index contributed by atoms with van der Waals surface area (Å²) < 4.78 is 3.41. The van der Waals surface area contributed by atoms with Crippen molar-refractivity contribution >= 4 is 39.2 Å². The van der Waals surface area contributed by atoms with E-state index in [1.165, 1.54) is 16.5 Å². The van der Waals surface area contributed by atoms with Crippen LogP contribution in [0.2, 0.25) is 0 Å². The number of thioether (sulfide) groups is 1. The zero-order chi connectivity index (χ0) is 22.2. The van der Waals surface area contributed by atoms with E-state index in [4.69, 9.17) is 4.98 Å². The molecule has 2 fully saturated rings. The Labute approximate surface area is 200 Å². The van der Waals surface area contributed by atoms with E-state index in [9.17, 15) is 4.79 Å². The quantitative estimate of drug-likeness (QED) is 0.373. The Morgan fingerprint density at radius 2 is 2.03 bits per heavy atom. The Bertz CT molecular complexity index is 1250. The molecule has 4 aromatic rings. The second kappa shape index (κ2) is 8.87. The minimum absolute atomic E-state index is 0.166. The number of amides is 1. The van der Waals surface area contributed by atoms with Crippen LogP contribution in [0.4, 0.5) is 0 Å². The summed E-state index contributed by atoms with van der Waals surface area (Å²) >= 11 is 3.26. The maximum absolute atomic E-state index is 13.1. The SMILES string of the molecule is O=C(CSc1nnc(-c2cccnc2)n1C1CC1)N1CCC[C@@H](c2nc3ccccc3s2)C1. The van der Waals surface area contributed by atoms with E-state index in [-0.39, 0.29) is 5.91 Å². The molecule has 0 spiro atoms. The van der Waals surface area contributed by atoms with Gasteiger partial charge in [0, 0.05) is 43.0 Å². The number of pyridine rings is 1. The van der Waals surface area contributed by atoms with Gasteiger partial charge >= 0.3 is 0 Å². The number of hydrogen-bond donors (Lipinski definition) is 0. The average molecular weight is 477 g/mol. The van der Waals surface area contributed by atoms with Crippen LogP contribution in [-0.2, 0) is 4.79 Å². The van der Waals surface area contributed by atoms with Gasteiger partial charge in [-0.15, -0.1) is 21.5 Å². The molecule has 1 saturated carbocycles. The van der Waals surface area contributed by atoms with Crippen molar-refractivity contribution in [2.45, 2.75) is 42.8 Å². The highest BCUT2D eigenvalue weighted by atomic mass is 32.2. The molecule has 33 heavy (non-hydrogen) atoms. The zero-order valence-electron chi connectivity index (χ0n) is 18.1. The number of fused-ring (bicyclic) bond motifs is 1. The Hall–Kier alpha value is -2.78. The summed E-state index contributed by atoms with van der Waals surface area (Å²) in [4.78, 5) is 24.2. The normalized spacial score (nSPS) is 18.7. The average Bonchev–Trinajstić information content (AvgIpc) is 3.46. The second-order valence-electron chi connectivity index (χ2n) is 8.64. The van der Waals surface area contributed by atoms with Gasteiger partial charge in [-0.3, -0.25) is 14.3 Å². The first-order chi connectivity index (χ1) is 16.3. The van der Waals surface area contributed by atoms with Crippen LogP contribution in [0, 0.1) is 0 Å². The Morgan fingerprint density at radius 3 is 2.85 bits per heavy atom. The molecule has 9 heteroatoms. The van der Waals surface area contributed by atoms with Crippen molar-refractivity contribution in [1.29, 1.82) is 0 Å². The molecular formula is C24H24N6OS2. The summed E-state index contributed by atoms with van der Waals surface area (Å²) in [5, 5.41) is 10.8. The summed E-state index contributed by atoms with van der Waals surface area (Å²) in [6.07, 6.45) is 7.93. The first-order valence-corrected chi connectivity index (χ1v) is 13.2. The molecule has 1 aromatic carbocycles. The Balaban J connectivity index is 1.14. The van der Waals surface area contributed by atoms with Crippen LogP contribution in [0.1, 0.15) is 42.7 Å². The van der Waals surface area contributed by atoms with E-state index in [1.54, 1.807) is 17.5 Å². The summed E-state index contributed by atoms with van der Waals surface area (Å²) in [6, 6.07) is 12.6. The van der Waals surface area contributed by atoms with E-state index in [1.807, 2.05) is 29.3 Å². The highest BCUT2D eigenvalue weighted by molar-refractivity contribution is 7.99. The second-order valence-corrected chi connectivity index (χ2v) is 10.6. The molecule has 3 aromatic heterocycles. The molecule has 1 atom stereocenters. The van der Waals surface area contributed by atoms with Gasteiger partial charge in [0.15, 0.2) is 11.0 Å². The van der Waals surface area contributed by atoms with Gasteiger partial charge < -0.3 is 4.90 Å². The fourth-order valence-electron chi connectivity index (χ4n) is 4.42. The number of likely N-dealkylation sites (tertiary alicyclic amines) is 1. The first kappa shape index (κ1) is 20.8. The van der Waals surface area contributed by atoms with Crippen LogP contribution >= 0.6 is 23.1 Å². The number of thiazole rings is 1. The van der Waals surface area contributed by atoms with Crippen molar-refractivity contribution in [1.82, 2.24) is 29.6 Å². The van der Waals surface area contributed by atoms with Gasteiger partial charge in [-0.05, 0) is 49.9 Å². The lowest BCUT2D eigenvalue weighted by Gasteiger charge is -2.31. The number of nitrogens with zero attached hydrogens (tertiary/aromatic N) is 6. The van der Waals surface area contributed by atoms with Crippen molar-refractivity contribution in [3.63, 3.8) is 0 Å². The van der Waals surface area contributed by atoms with Crippen molar-refractivity contribution in [2.24, 2.45) is 0 Å². The number of rotatable bonds is 6. The van der Waals surface area contributed by atoms with Crippen LogP contribution in [0.3, 0.4) is 0 Å². The van der Waals surface area contributed by atoms with Crippen molar-refractivity contribution in [3.8, 4) is 11.4 Å². The number of piperidine rings is 1. The number of carbonyl (C=O) groups is 1. The van der Waals surface area contributed by atoms with Crippen molar-refractivity contribution in [2.75, 3.05) is 18.8 Å². The van der Waals surface area contributed by atoms with E-state index in [2.05, 4.69) is 37.9 Å². The van der Waals surface area contributed by atoms with Gasteiger partial charge in [0.25, 0.3) is 0 Å². The van der Waals surface area contributed by atoms with Crippen LogP contribution in [0.5, 0.6) is 0 Å². The minimum Gasteiger partial charge on any atom is -0.341 e. The van der Waals surface area contributed by atoms with Gasteiger partial charge in [-0.2, -0.15) is 0 Å². The van der Waals surface area contributed by atoms with Crippen molar-refractivity contribution < 1.29 is 4.79 Å².